The number of aromatic nitrogens is 1. The Morgan fingerprint density at radius 1 is 1.31 bits per heavy atom. The summed E-state index contributed by atoms with van der Waals surface area (Å²) in [6.07, 6.45) is 1.24. The number of sulfone groups is 1. The number of amides is 1. The normalized spacial score (nSPS) is 13.6. The lowest BCUT2D eigenvalue weighted by Gasteiger charge is -2.24. The van der Waals surface area contributed by atoms with E-state index < -0.39 is 26.0 Å². The fourth-order valence-electron chi connectivity index (χ4n) is 2.38. The number of fused-ring (bicyclic) bond motifs is 1. The van der Waals surface area contributed by atoms with Gasteiger partial charge in [0, 0.05) is 18.2 Å². The molecule has 0 fully saturated rings. The lowest BCUT2D eigenvalue weighted by atomic mass is 10.0. The Bertz CT molecular complexity index is 1160. The van der Waals surface area contributed by atoms with Crippen LogP contribution in [0.2, 0.25) is 0 Å². The minimum absolute atomic E-state index is 0.00479. The SMILES string of the molecule is CC(C)(N)C#CC#Cc1ccc2nc(CC[C@](C)(C(=O)NO)S(C)(=O)=O)sc2c1. The molecule has 0 saturated carbocycles. The molecule has 1 aromatic carbocycles. The molecule has 0 aliphatic heterocycles. The Morgan fingerprint density at radius 3 is 2.59 bits per heavy atom. The second-order valence-electron chi connectivity index (χ2n) is 7.46. The molecule has 0 saturated heterocycles. The molecule has 1 heterocycles. The molecule has 1 atom stereocenters. The van der Waals surface area contributed by atoms with E-state index in [1.54, 1.807) is 13.8 Å². The first-order chi connectivity index (χ1) is 13.4. The quantitative estimate of drug-likeness (QED) is 0.374. The van der Waals surface area contributed by atoms with Gasteiger partial charge in [0.15, 0.2) is 9.84 Å². The summed E-state index contributed by atoms with van der Waals surface area (Å²) < 4.78 is 23.3. The third kappa shape index (κ3) is 5.78. The molecule has 2 rings (SSSR count). The molecule has 2 aromatic rings. The third-order valence-electron chi connectivity index (χ3n) is 4.30. The van der Waals surface area contributed by atoms with E-state index in [1.165, 1.54) is 23.7 Å². The molecule has 0 unspecified atom stereocenters. The number of benzene rings is 1. The van der Waals surface area contributed by atoms with Gasteiger partial charge >= 0.3 is 0 Å². The Balaban J connectivity index is 2.23. The number of rotatable bonds is 5. The lowest BCUT2D eigenvalue weighted by molar-refractivity contribution is -0.131. The van der Waals surface area contributed by atoms with Gasteiger partial charge in [-0.15, -0.1) is 11.3 Å². The van der Waals surface area contributed by atoms with E-state index in [-0.39, 0.29) is 12.8 Å². The van der Waals surface area contributed by atoms with Gasteiger partial charge in [0.1, 0.15) is 4.75 Å². The van der Waals surface area contributed by atoms with Crippen molar-refractivity contribution in [1.29, 1.82) is 0 Å². The summed E-state index contributed by atoms with van der Waals surface area (Å²) >= 11 is 1.40. The summed E-state index contributed by atoms with van der Waals surface area (Å²) in [6, 6.07) is 5.54. The van der Waals surface area contributed by atoms with Crippen LogP contribution < -0.4 is 11.2 Å². The van der Waals surface area contributed by atoms with E-state index in [0.29, 0.717) is 5.01 Å². The summed E-state index contributed by atoms with van der Waals surface area (Å²) in [4.78, 5) is 16.4. The molecule has 9 heteroatoms. The predicted octanol–water partition coefficient (Wildman–Crippen LogP) is 1.63. The summed E-state index contributed by atoms with van der Waals surface area (Å²) in [5.41, 5.74) is 8.17. The standard InChI is InChI=1S/C20H23N3O4S2/c1-19(2,21)11-6-5-7-14-8-9-15-16(13-14)28-17(22-15)10-12-20(3,18(24)23-25)29(4,26)27/h8-9,13,25H,10,12,21H2,1-4H3,(H,23,24)/t20-/m1/s1. The van der Waals surface area contributed by atoms with E-state index >= 15 is 0 Å². The van der Waals surface area contributed by atoms with Gasteiger partial charge in [-0.25, -0.2) is 18.9 Å². The van der Waals surface area contributed by atoms with Crippen LogP contribution in [0.25, 0.3) is 10.2 Å². The van der Waals surface area contributed by atoms with Gasteiger partial charge in [-0.1, -0.05) is 11.8 Å². The van der Waals surface area contributed by atoms with E-state index in [1.807, 2.05) is 18.2 Å². The maximum Gasteiger partial charge on any atom is 0.264 e. The highest BCUT2D eigenvalue weighted by Gasteiger charge is 2.43. The Hall–Kier alpha value is -2.43. The highest BCUT2D eigenvalue weighted by molar-refractivity contribution is 7.92. The smallest absolute Gasteiger partial charge is 0.264 e. The Labute approximate surface area is 174 Å². The van der Waals surface area contributed by atoms with Gasteiger partial charge < -0.3 is 5.73 Å². The van der Waals surface area contributed by atoms with Crippen LogP contribution >= 0.6 is 11.3 Å². The van der Waals surface area contributed by atoms with Crippen LogP contribution in [0.15, 0.2) is 18.2 Å². The fraction of sp³-hybridized carbons (Fsp3) is 0.400. The zero-order valence-corrected chi connectivity index (χ0v) is 18.3. The summed E-state index contributed by atoms with van der Waals surface area (Å²) in [7, 11) is -3.74. The lowest BCUT2D eigenvalue weighted by Crippen LogP contribution is -2.49. The van der Waals surface area contributed by atoms with Crippen LogP contribution in [0.3, 0.4) is 0 Å². The highest BCUT2D eigenvalue weighted by atomic mass is 32.2. The molecule has 0 bridgehead atoms. The first-order valence-electron chi connectivity index (χ1n) is 8.71. The molecule has 1 amide bonds. The number of hydrogen-bond acceptors (Lipinski definition) is 7. The van der Waals surface area contributed by atoms with Crippen LogP contribution in [-0.2, 0) is 21.1 Å². The average molecular weight is 434 g/mol. The molecule has 0 radical (unpaired) electrons. The minimum atomic E-state index is -3.74. The summed E-state index contributed by atoms with van der Waals surface area (Å²) in [5.74, 6) is 10.3. The average Bonchev–Trinajstić information content (AvgIpc) is 3.03. The van der Waals surface area contributed by atoms with Gasteiger partial charge in [0.25, 0.3) is 5.91 Å². The topological polar surface area (TPSA) is 122 Å². The number of nitrogens with zero attached hydrogens (tertiary/aromatic N) is 1. The van der Waals surface area contributed by atoms with Crippen molar-refractivity contribution in [2.45, 2.75) is 43.9 Å². The molecular formula is C20H23N3O4S2. The van der Waals surface area contributed by atoms with Crippen molar-refractivity contribution in [3.05, 3.63) is 28.8 Å². The van der Waals surface area contributed by atoms with Gasteiger partial charge in [0.2, 0.25) is 0 Å². The van der Waals surface area contributed by atoms with Crippen molar-refractivity contribution < 1.29 is 18.4 Å². The van der Waals surface area contributed by atoms with Crippen LogP contribution in [-0.4, -0.2) is 41.1 Å². The number of thiazole rings is 1. The summed E-state index contributed by atoms with van der Waals surface area (Å²) in [5, 5.41) is 9.59. The maximum atomic E-state index is 12.1. The van der Waals surface area contributed by atoms with Crippen molar-refractivity contribution in [2.75, 3.05) is 6.26 Å². The van der Waals surface area contributed by atoms with Crippen molar-refractivity contribution in [3.63, 3.8) is 0 Å². The second-order valence-corrected chi connectivity index (χ2v) is 11.0. The third-order valence-corrected chi connectivity index (χ3v) is 7.41. The fourth-order valence-corrected chi connectivity index (χ4v) is 4.25. The van der Waals surface area contributed by atoms with Gasteiger partial charge in [-0.3, -0.25) is 10.0 Å². The highest BCUT2D eigenvalue weighted by Crippen LogP contribution is 2.28. The van der Waals surface area contributed by atoms with Crippen molar-refractivity contribution >= 4 is 37.3 Å². The first-order valence-corrected chi connectivity index (χ1v) is 11.4. The maximum absolute atomic E-state index is 12.1. The minimum Gasteiger partial charge on any atom is -0.316 e. The largest absolute Gasteiger partial charge is 0.316 e. The number of hydroxylamine groups is 1. The van der Waals surface area contributed by atoms with E-state index in [2.05, 4.69) is 28.7 Å². The number of nitrogens with one attached hydrogen (secondary N) is 1. The van der Waals surface area contributed by atoms with Crippen LogP contribution in [0.4, 0.5) is 0 Å². The van der Waals surface area contributed by atoms with E-state index in [9.17, 15) is 13.2 Å². The number of hydrogen-bond donors (Lipinski definition) is 3. The van der Waals surface area contributed by atoms with Crippen molar-refractivity contribution in [3.8, 4) is 23.7 Å². The van der Waals surface area contributed by atoms with E-state index in [0.717, 1.165) is 22.0 Å². The molecule has 4 N–H and O–H groups in total. The predicted molar refractivity (Wildman–Crippen MR) is 114 cm³/mol. The van der Waals surface area contributed by atoms with Crippen LogP contribution in [0.5, 0.6) is 0 Å². The Kier molecular flexibility index (Phi) is 6.71. The molecule has 29 heavy (non-hydrogen) atoms. The summed E-state index contributed by atoms with van der Waals surface area (Å²) in [6.45, 7) is 4.88. The molecule has 0 aliphatic rings. The van der Waals surface area contributed by atoms with Gasteiger partial charge in [-0.2, -0.15) is 0 Å². The number of carbonyl (C=O) groups excluding carboxylic acids is 1. The van der Waals surface area contributed by atoms with Crippen molar-refractivity contribution in [2.24, 2.45) is 5.73 Å². The number of nitrogens with two attached hydrogens (primary N) is 1. The molecule has 7 nitrogen and oxygen atoms in total. The molecule has 1 aromatic heterocycles. The zero-order chi connectivity index (χ0) is 21.9. The van der Waals surface area contributed by atoms with Crippen LogP contribution in [0, 0.1) is 23.7 Å². The van der Waals surface area contributed by atoms with E-state index in [4.69, 9.17) is 10.9 Å². The molecule has 0 aliphatic carbocycles. The van der Waals surface area contributed by atoms with Crippen LogP contribution in [0.1, 0.15) is 37.8 Å². The number of carbonyl (C=O) groups is 1. The molecule has 0 spiro atoms. The van der Waals surface area contributed by atoms with Gasteiger partial charge in [0.05, 0.1) is 20.8 Å². The molecule has 154 valence electrons. The number of aryl methyl sites for hydroxylation is 1. The molecular weight excluding hydrogens is 410 g/mol. The Morgan fingerprint density at radius 2 is 2.00 bits per heavy atom. The second kappa shape index (κ2) is 8.52. The zero-order valence-electron chi connectivity index (χ0n) is 16.7. The first kappa shape index (κ1) is 22.9. The van der Waals surface area contributed by atoms with Gasteiger partial charge in [-0.05, 0) is 57.2 Å². The van der Waals surface area contributed by atoms with Crippen molar-refractivity contribution in [1.82, 2.24) is 10.5 Å². The monoisotopic (exact) mass is 433 g/mol.